The molecule has 1 fully saturated rings. The molecule has 2 aliphatic rings. The van der Waals surface area contributed by atoms with E-state index in [-0.39, 0.29) is 11.8 Å². The molecular formula is C20H16O3. The minimum atomic E-state index is -0.444. The predicted octanol–water partition coefficient (Wildman–Crippen LogP) is 3.44. The Morgan fingerprint density at radius 2 is 1.00 bits per heavy atom. The first-order valence-corrected chi connectivity index (χ1v) is 7.79. The summed E-state index contributed by atoms with van der Waals surface area (Å²) in [5, 5.41) is 0. The Morgan fingerprint density at radius 1 is 0.609 bits per heavy atom. The van der Waals surface area contributed by atoms with E-state index < -0.39 is 23.8 Å². The van der Waals surface area contributed by atoms with Crippen molar-refractivity contribution in [3.63, 3.8) is 0 Å². The quantitative estimate of drug-likeness (QED) is 0.485. The highest BCUT2D eigenvalue weighted by Gasteiger charge is 2.53. The van der Waals surface area contributed by atoms with Crippen LogP contribution in [0.5, 0.6) is 0 Å². The van der Waals surface area contributed by atoms with E-state index in [1.807, 2.05) is 72.8 Å². The highest BCUT2D eigenvalue weighted by Crippen LogP contribution is 2.48. The molecule has 0 amide bonds. The molecule has 0 radical (unpaired) electrons. The van der Waals surface area contributed by atoms with E-state index in [1.165, 1.54) is 0 Å². The van der Waals surface area contributed by atoms with Gasteiger partial charge in [-0.1, -0.05) is 72.8 Å². The molecule has 23 heavy (non-hydrogen) atoms. The van der Waals surface area contributed by atoms with E-state index >= 15 is 0 Å². The van der Waals surface area contributed by atoms with E-state index in [9.17, 15) is 9.59 Å². The van der Waals surface area contributed by atoms with E-state index in [2.05, 4.69) is 0 Å². The van der Waals surface area contributed by atoms with Crippen LogP contribution >= 0.6 is 0 Å². The Hall–Kier alpha value is -2.68. The lowest BCUT2D eigenvalue weighted by molar-refractivity contribution is -0.153. The zero-order valence-corrected chi connectivity index (χ0v) is 12.5. The molecule has 0 aromatic heterocycles. The van der Waals surface area contributed by atoms with Gasteiger partial charge in [0.25, 0.3) is 0 Å². The number of ether oxygens (including phenoxy) is 1. The molecule has 3 heteroatoms. The van der Waals surface area contributed by atoms with Crippen LogP contribution in [0.2, 0.25) is 0 Å². The number of fused-ring (bicyclic) bond motifs is 1. The third kappa shape index (κ3) is 2.29. The van der Waals surface area contributed by atoms with Gasteiger partial charge in [-0.3, -0.25) is 9.59 Å². The van der Waals surface area contributed by atoms with Crippen LogP contribution in [-0.4, -0.2) is 11.9 Å². The number of benzene rings is 2. The van der Waals surface area contributed by atoms with Crippen LogP contribution in [0.1, 0.15) is 23.0 Å². The molecule has 1 aliphatic heterocycles. The van der Waals surface area contributed by atoms with Gasteiger partial charge in [-0.25, -0.2) is 0 Å². The Labute approximate surface area is 134 Å². The summed E-state index contributed by atoms with van der Waals surface area (Å²) in [5.74, 6) is -1.92. The minimum Gasteiger partial charge on any atom is -0.393 e. The predicted molar refractivity (Wildman–Crippen MR) is 85.6 cm³/mol. The molecule has 0 N–H and O–H groups in total. The molecule has 0 saturated carbocycles. The lowest BCUT2D eigenvalue weighted by Gasteiger charge is -2.31. The SMILES string of the molecule is O=C1OC(=O)[C@H]2[C@@H]1[C@@H](c1ccccc1)C=C[C@H]2c1ccccc1. The van der Waals surface area contributed by atoms with Crippen molar-refractivity contribution < 1.29 is 14.3 Å². The van der Waals surface area contributed by atoms with Gasteiger partial charge in [0, 0.05) is 11.8 Å². The molecule has 3 nitrogen and oxygen atoms in total. The summed E-state index contributed by atoms with van der Waals surface area (Å²) in [6.07, 6.45) is 4.10. The standard InChI is InChI=1S/C20H16O3/c21-19-17-15(13-7-3-1-4-8-13)11-12-16(18(17)20(22)23-19)14-9-5-2-6-10-14/h1-12,15-18H/t15-,16+,17+,18-. The third-order valence-corrected chi connectivity index (χ3v) is 4.80. The molecule has 0 bridgehead atoms. The number of esters is 2. The molecule has 1 aliphatic carbocycles. The highest BCUT2D eigenvalue weighted by atomic mass is 16.6. The molecule has 2 aromatic rings. The summed E-state index contributed by atoms with van der Waals surface area (Å²) in [5.41, 5.74) is 2.08. The van der Waals surface area contributed by atoms with Crippen LogP contribution < -0.4 is 0 Å². The van der Waals surface area contributed by atoms with E-state index in [4.69, 9.17) is 4.74 Å². The van der Waals surface area contributed by atoms with Crippen LogP contribution in [-0.2, 0) is 14.3 Å². The summed E-state index contributed by atoms with van der Waals surface area (Å²) >= 11 is 0. The topological polar surface area (TPSA) is 43.4 Å². The van der Waals surface area contributed by atoms with Crippen molar-refractivity contribution in [2.75, 3.05) is 0 Å². The first-order chi connectivity index (χ1) is 11.3. The fraction of sp³-hybridized carbons (Fsp3) is 0.200. The Balaban J connectivity index is 1.79. The van der Waals surface area contributed by atoms with Gasteiger partial charge in [0.2, 0.25) is 0 Å². The molecule has 4 atom stereocenters. The first-order valence-electron chi connectivity index (χ1n) is 7.79. The number of cyclic esters (lactones) is 2. The van der Waals surface area contributed by atoms with Gasteiger partial charge in [0.05, 0.1) is 11.8 Å². The molecule has 4 rings (SSSR count). The lowest BCUT2D eigenvalue weighted by atomic mass is 9.68. The average molecular weight is 304 g/mol. The fourth-order valence-electron chi connectivity index (χ4n) is 3.73. The van der Waals surface area contributed by atoms with Crippen LogP contribution in [0.4, 0.5) is 0 Å². The zero-order valence-electron chi connectivity index (χ0n) is 12.5. The average Bonchev–Trinajstić information content (AvgIpc) is 2.91. The van der Waals surface area contributed by atoms with E-state index in [0.29, 0.717) is 0 Å². The molecule has 1 saturated heterocycles. The monoisotopic (exact) mass is 304 g/mol. The number of hydrogen-bond acceptors (Lipinski definition) is 3. The second-order valence-electron chi connectivity index (χ2n) is 6.05. The summed E-state index contributed by atoms with van der Waals surface area (Å²) < 4.78 is 4.99. The van der Waals surface area contributed by atoms with Crippen molar-refractivity contribution in [2.24, 2.45) is 11.8 Å². The molecule has 114 valence electrons. The van der Waals surface area contributed by atoms with Gasteiger partial charge in [0.15, 0.2) is 0 Å². The van der Waals surface area contributed by atoms with Crippen LogP contribution in [0.3, 0.4) is 0 Å². The maximum Gasteiger partial charge on any atom is 0.318 e. The van der Waals surface area contributed by atoms with Crippen molar-refractivity contribution in [1.82, 2.24) is 0 Å². The second-order valence-corrected chi connectivity index (χ2v) is 6.05. The summed E-state index contributed by atoms with van der Waals surface area (Å²) in [4.78, 5) is 24.6. The zero-order chi connectivity index (χ0) is 15.8. The van der Waals surface area contributed by atoms with Crippen molar-refractivity contribution in [1.29, 1.82) is 0 Å². The third-order valence-electron chi connectivity index (χ3n) is 4.80. The van der Waals surface area contributed by atoms with Crippen LogP contribution in [0.15, 0.2) is 72.8 Å². The van der Waals surface area contributed by atoms with Gasteiger partial charge in [-0.15, -0.1) is 0 Å². The van der Waals surface area contributed by atoms with Gasteiger partial charge >= 0.3 is 11.9 Å². The van der Waals surface area contributed by atoms with E-state index in [1.54, 1.807) is 0 Å². The van der Waals surface area contributed by atoms with Crippen molar-refractivity contribution in [3.8, 4) is 0 Å². The Kier molecular flexibility index (Phi) is 3.34. The summed E-state index contributed by atoms with van der Waals surface area (Å²) in [6, 6.07) is 19.6. The maximum atomic E-state index is 12.3. The molecular weight excluding hydrogens is 288 g/mol. The smallest absolute Gasteiger partial charge is 0.318 e. The maximum absolute atomic E-state index is 12.3. The molecule has 2 aromatic carbocycles. The fourth-order valence-corrected chi connectivity index (χ4v) is 3.73. The van der Waals surface area contributed by atoms with Crippen molar-refractivity contribution >= 4 is 11.9 Å². The van der Waals surface area contributed by atoms with Gasteiger partial charge in [-0.2, -0.15) is 0 Å². The summed E-state index contributed by atoms with van der Waals surface area (Å²) in [7, 11) is 0. The lowest BCUT2D eigenvalue weighted by Crippen LogP contribution is -2.31. The first kappa shape index (κ1) is 13.9. The number of carbonyl (C=O) groups is 2. The number of hydrogen-bond donors (Lipinski definition) is 0. The Morgan fingerprint density at radius 3 is 1.39 bits per heavy atom. The number of allylic oxidation sites excluding steroid dienone is 2. The minimum absolute atomic E-state index is 0.111. The molecule has 0 spiro atoms. The number of rotatable bonds is 2. The largest absolute Gasteiger partial charge is 0.393 e. The van der Waals surface area contributed by atoms with Gasteiger partial charge < -0.3 is 4.74 Å². The van der Waals surface area contributed by atoms with E-state index in [0.717, 1.165) is 11.1 Å². The van der Waals surface area contributed by atoms with Crippen LogP contribution in [0.25, 0.3) is 0 Å². The number of carbonyl (C=O) groups excluding carboxylic acids is 2. The highest BCUT2D eigenvalue weighted by molar-refractivity contribution is 5.98. The van der Waals surface area contributed by atoms with Crippen molar-refractivity contribution in [2.45, 2.75) is 11.8 Å². The van der Waals surface area contributed by atoms with Crippen LogP contribution in [0, 0.1) is 11.8 Å². The molecule has 0 unspecified atom stereocenters. The Bertz CT molecular complexity index is 698. The van der Waals surface area contributed by atoms with Gasteiger partial charge in [0.1, 0.15) is 0 Å². The van der Waals surface area contributed by atoms with Crippen molar-refractivity contribution in [3.05, 3.63) is 83.9 Å². The second kappa shape index (κ2) is 5.51. The molecule has 1 heterocycles. The van der Waals surface area contributed by atoms with Gasteiger partial charge in [-0.05, 0) is 11.1 Å². The normalized spacial score (nSPS) is 29.2. The summed E-state index contributed by atoms with van der Waals surface area (Å²) in [6.45, 7) is 0.